The summed E-state index contributed by atoms with van der Waals surface area (Å²) in [4.78, 5) is 12.0. The molecule has 0 saturated heterocycles. The van der Waals surface area contributed by atoms with E-state index in [1.54, 1.807) is 0 Å². The molecule has 0 aromatic carbocycles. The van der Waals surface area contributed by atoms with Gasteiger partial charge < -0.3 is 10.6 Å². The molecule has 0 radical (unpaired) electrons. The Morgan fingerprint density at radius 1 is 1.05 bits per heavy atom. The summed E-state index contributed by atoms with van der Waals surface area (Å²) in [6, 6.07) is 0.455. The molecule has 4 unspecified atom stereocenters. The molecule has 2 fully saturated rings. The number of nitrogens with one attached hydrogen (secondary N) is 2. The zero-order valence-electron chi connectivity index (χ0n) is 13.3. The minimum absolute atomic E-state index is 0.0597. The molecule has 0 aromatic heterocycles. The van der Waals surface area contributed by atoms with Crippen molar-refractivity contribution in [3.8, 4) is 0 Å². The molecule has 2 aliphatic carbocycles. The highest BCUT2D eigenvalue weighted by Crippen LogP contribution is 2.31. The van der Waals surface area contributed by atoms with Gasteiger partial charge in [0, 0.05) is 12.6 Å². The van der Waals surface area contributed by atoms with Crippen molar-refractivity contribution >= 4 is 6.03 Å². The van der Waals surface area contributed by atoms with Crippen LogP contribution in [0.3, 0.4) is 0 Å². The van der Waals surface area contributed by atoms with Gasteiger partial charge in [-0.15, -0.1) is 0 Å². The summed E-state index contributed by atoms with van der Waals surface area (Å²) in [5, 5.41) is 6.30. The molecule has 0 aliphatic heterocycles. The summed E-state index contributed by atoms with van der Waals surface area (Å²) >= 11 is 0. The van der Waals surface area contributed by atoms with Crippen molar-refractivity contribution in [1.82, 2.24) is 10.6 Å². The third-order valence-corrected chi connectivity index (χ3v) is 5.39. The Morgan fingerprint density at radius 2 is 1.80 bits per heavy atom. The maximum absolute atomic E-state index is 12.0. The van der Waals surface area contributed by atoms with E-state index in [1.165, 1.54) is 44.9 Å². The van der Waals surface area contributed by atoms with Gasteiger partial charge in [-0.1, -0.05) is 52.4 Å². The number of amides is 2. The van der Waals surface area contributed by atoms with Crippen LogP contribution in [0.2, 0.25) is 0 Å². The van der Waals surface area contributed by atoms with E-state index >= 15 is 0 Å². The summed E-state index contributed by atoms with van der Waals surface area (Å²) < 4.78 is 0. The number of carbonyl (C=O) groups is 1. The van der Waals surface area contributed by atoms with Crippen LogP contribution in [0.15, 0.2) is 0 Å². The lowest BCUT2D eigenvalue weighted by atomic mass is 9.78. The van der Waals surface area contributed by atoms with Crippen LogP contribution in [0.4, 0.5) is 4.79 Å². The standard InChI is InChI=1S/C17H32N2O/c1-3-14-8-4-5-9-15(14)12-18-17(20)19-16-10-6-7-13(2)11-16/h13-16H,3-12H2,1-2H3,(H2,18,19,20). The van der Waals surface area contributed by atoms with Gasteiger partial charge >= 0.3 is 6.03 Å². The van der Waals surface area contributed by atoms with Gasteiger partial charge in [0.15, 0.2) is 0 Å². The summed E-state index contributed by atoms with van der Waals surface area (Å²) in [6.45, 7) is 5.44. The first-order valence-corrected chi connectivity index (χ1v) is 8.73. The van der Waals surface area contributed by atoms with Gasteiger partial charge in [0.1, 0.15) is 0 Å². The molecule has 4 atom stereocenters. The lowest BCUT2D eigenvalue weighted by Crippen LogP contribution is -2.46. The van der Waals surface area contributed by atoms with E-state index in [1.807, 2.05) is 0 Å². The van der Waals surface area contributed by atoms with Crippen LogP contribution in [0.1, 0.15) is 71.6 Å². The summed E-state index contributed by atoms with van der Waals surface area (Å²) in [5.74, 6) is 2.28. The van der Waals surface area contributed by atoms with E-state index in [0.29, 0.717) is 12.0 Å². The summed E-state index contributed by atoms with van der Waals surface area (Å²) in [5.41, 5.74) is 0. The Kier molecular flexibility index (Phi) is 6.18. The molecule has 2 aliphatic rings. The minimum Gasteiger partial charge on any atom is -0.338 e. The van der Waals surface area contributed by atoms with Crippen molar-refractivity contribution in [1.29, 1.82) is 0 Å². The van der Waals surface area contributed by atoms with Crippen LogP contribution in [0.25, 0.3) is 0 Å². The fraction of sp³-hybridized carbons (Fsp3) is 0.941. The van der Waals surface area contributed by atoms with Gasteiger partial charge in [0.05, 0.1) is 0 Å². The van der Waals surface area contributed by atoms with Gasteiger partial charge in [-0.25, -0.2) is 4.79 Å². The van der Waals surface area contributed by atoms with E-state index in [-0.39, 0.29) is 6.03 Å². The Hall–Kier alpha value is -0.730. The molecule has 2 rings (SSSR count). The average molecular weight is 280 g/mol. The van der Waals surface area contributed by atoms with E-state index in [0.717, 1.165) is 31.2 Å². The van der Waals surface area contributed by atoms with Crippen LogP contribution < -0.4 is 10.6 Å². The SMILES string of the molecule is CCC1CCCCC1CNC(=O)NC1CCCC(C)C1. The van der Waals surface area contributed by atoms with Crippen molar-refractivity contribution in [2.24, 2.45) is 17.8 Å². The van der Waals surface area contributed by atoms with Crippen molar-refractivity contribution in [3.05, 3.63) is 0 Å². The maximum Gasteiger partial charge on any atom is 0.315 e. The Balaban J connectivity index is 1.68. The monoisotopic (exact) mass is 280 g/mol. The molecule has 2 N–H and O–H groups in total. The molecule has 2 saturated carbocycles. The van der Waals surface area contributed by atoms with Gasteiger partial charge in [0.25, 0.3) is 0 Å². The normalized spacial score (nSPS) is 34.5. The van der Waals surface area contributed by atoms with Crippen molar-refractivity contribution < 1.29 is 4.79 Å². The van der Waals surface area contributed by atoms with Gasteiger partial charge in [0.2, 0.25) is 0 Å². The Morgan fingerprint density at radius 3 is 2.50 bits per heavy atom. The first kappa shape index (κ1) is 15.7. The number of hydrogen-bond acceptors (Lipinski definition) is 1. The van der Waals surface area contributed by atoms with Crippen LogP contribution in [0, 0.1) is 17.8 Å². The fourth-order valence-electron chi connectivity index (χ4n) is 4.12. The molecule has 3 heteroatoms. The summed E-state index contributed by atoms with van der Waals surface area (Å²) in [6.07, 6.45) is 11.5. The highest BCUT2D eigenvalue weighted by molar-refractivity contribution is 5.74. The highest BCUT2D eigenvalue weighted by Gasteiger charge is 2.25. The largest absolute Gasteiger partial charge is 0.338 e. The second-order valence-electron chi connectivity index (χ2n) is 7.04. The second-order valence-corrected chi connectivity index (χ2v) is 7.04. The molecule has 0 bridgehead atoms. The van der Waals surface area contributed by atoms with Crippen LogP contribution in [-0.2, 0) is 0 Å². The molecule has 0 aromatic rings. The predicted molar refractivity (Wildman–Crippen MR) is 83.7 cm³/mol. The zero-order valence-corrected chi connectivity index (χ0v) is 13.3. The van der Waals surface area contributed by atoms with Crippen molar-refractivity contribution in [3.63, 3.8) is 0 Å². The third-order valence-electron chi connectivity index (χ3n) is 5.39. The summed E-state index contributed by atoms with van der Waals surface area (Å²) in [7, 11) is 0. The van der Waals surface area contributed by atoms with Gasteiger partial charge in [-0.05, 0) is 37.0 Å². The number of rotatable bonds is 4. The topological polar surface area (TPSA) is 41.1 Å². The number of carbonyl (C=O) groups excluding carboxylic acids is 1. The molecule has 0 spiro atoms. The molecular formula is C17H32N2O. The lowest BCUT2D eigenvalue weighted by molar-refractivity contribution is 0.206. The van der Waals surface area contributed by atoms with Gasteiger partial charge in [-0.2, -0.15) is 0 Å². The smallest absolute Gasteiger partial charge is 0.315 e. The van der Waals surface area contributed by atoms with E-state index < -0.39 is 0 Å². The first-order chi connectivity index (χ1) is 9.69. The number of hydrogen-bond donors (Lipinski definition) is 2. The molecule has 116 valence electrons. The predicted octanol–water partition coefficient (Wildman–Crippen LogP) is 4.08. The number of urea groups is 1. The molecule has 2 amide bonds. The van der Waals surface area contributed by atoms with E-state index in [4.69, 9.17) is 0 Å². The van der Waals surface area contributed by atoms with Crippen LogP contribution >= 0.6 is 0 Å². The molecular weight excluding hydrogens is 248 g/mol. The minimum atomic E-state index is 0.0597. The lowest BCUT2D eigenvalue weighted by Gasteiger charge is -2.31. The van der Waals surface area contributed by atoms with Gasteiger partial charge in [-0.3, -0.25) is 0 Å². The maximum atomic E-state index is 12.0. The third kappa shape index (κ3) is 4.68. The van der Waals surface area contributed by atoms with Crippen LogP contribution in [-0.4, -0.2) is 18.6 Å². The molecule has 20 heavy (non-hydrogen) atoms. The van der Waals surface area contributed by atoms with Crippen molar-refractivity contribution in [2.75, 3.05) is 6.54 Å². The Labute approximate surface area is 124 Å². The quantitative estimate of drug-likeness (QED) is 0.800. The Bertz CT molecular complexity index is 305. The van der Waals surface area contributed by atoms with Crippen molar-refractivity contribution in [2.45, 2.75) is 77.7 Å². The second kappa shape index (κ2) is 7.90. The highest BCUT2D eigenvalue weighted by atomic mass is 16.2. The van der Waals surface area contributed by atoms with E-state index in [2.05, 4.69) is 24.5 Å². The molecule has 0 heterocycles. The first-order valence-electron chi connectivity index (χ1n) is 8.73. The van der Waals surface area contributed by atoms with Crippen LogP contribution in [0.5, 0.6) is 0 Å². The average Bonchev–Trinajstić information content (AvgIpc) is 2.45. The fourth-order valence-corrected chi connectivity index (χ4v) is 4.12. The zero-order chi connectivity index (χ0) is 14.4. The van der Waals surface area contributed by atoms with E-state index in [9.17, 15) is 4.79 Å². The molecule has 3 nitrogen and oxygen atoms in total.